The third kappa shape index (κ3) is 4.44. The molecule has 1 aliphatic rings. The van der Waals surface area contributed by atoms with E-state index in [0.29, 0.717) is 5.56 Å². The highest BCUT2D eigenvalue weighted by Gasteiger charge is 2.35. The summed E-state index contributed by atoms with van der Waals surface area (Å²) < 4.78 is 38.5. The lowest BCUT2D eigenvalue weighted by molar-refractivity contribution is -0.137. The van der Waals surface area contributed by atoms with Gasteiger partial charge in [-0.15, -0.1) is 0 Å². The molecular formula is C20H19F3N2O3. The van der Waals surface area contributed by atoms with Gasteiger partial charge in [-0.2, -0.15) is 13.2 Å². The Balaban J connectivity index is 1.66. The second-order valence-corrected chi connectivity index (χ2v) is 6.88. The third-order valence-corrected chi connectivity index (χ3v) is 4.62. The maximum absolute atomic E-state index is 12.8. The standard InChI is InChI=1S/C20H19F3N2O3/c1-12-5-6-16(17(26)7-12)24-19(28)14-9-18(27)25(11-14)10-13-3-2-4-15(8-13)20(21,22)23/h2-8,14,26H,9-11H2,1H3,(H,24,28). The summed E-state index contributed by atoms with van der Waals surface area (Å²) in [5, 5.41) is 12.5. The minimum Gasteiger partial charge on any atom is -0.506 e. The molecule has 2 amide bonds. The first-order valence-electron chi connectivity index (χ1n) is 8.68. The molecule has 2 aromatic carbocycles. The van der Waals surface area contributed by atoms with Crippen LogP contribution in [0.25, 0.3) is 0 Å². The van der Waals surface area contributed by atoms with Crippen molar-refractivity contribution in [2.75, 3.05) is 11.9 Å². The lowest BCUT2D eigenvalue weighted by Crippen LogP contribution is -2.28. The summed E-state index contributed by atoms with van der Waals surface area (Å²) in [5.74, 6) is -1.43. The van der Waals surface area contributed by atoms with Gasteiger partial charge in [0, 0.05) is 19.5 Å². The molecule has 0 radical (unpaired) electrons. The van der Waals surface area contributed by atoms with Gasteiger partial charge in [-0.05, 0) is 42.3 Å². The van der Waals surface area contributed by atoms with E-state index in [0.717, 1.165) is 17.7 Å². The first-order valence-corrected chi connectivity index (χ1v) is 8.68. The number of aromatic hydroxyl groups is 1. The smallest absolute Gasteiger partial charge is 0.416 e. The van der Waals surface area contributed by atoms with Gasteiger partial charge >= 0.3 is 6.18 Å². The quantitative estimate of drug-likeness (QED) is 0.780. The Labute approximate surface area is 159 Å². The molecule has 0 saturated carbocycles. The summed E-state index contributed by atoms with van der Waals surface area (Å²) >= 11 is 0. The monoisotopic (exact) mass is 392 g/mol. The van der Waals surface area contributed by atoms with Crippen LogP contribution >= 0.6 is 0 Å². The number of hydrogen-bond acceptors (Lipinski definition) is 3. The van der Waals surface area contributed by atoms with Crippen molar-refractivity contribution >= 4 is 17.5 Å². The average molecular weight is 392 g/mol. The molecule has 1 atom stereocenters. The van der Waals surface area contributed by atoms with Crippen LogP contribution in [0.1, 0.15) is 23.1 Å². The Bertz CT molecular complexity index is 912. The highest BCUT2D eigenvalue weighted by Crippen LogP contribution is 2.31. The van der Waals surface area contributed by atoms with Crippen LogP contribution in [-0.4, -0.2) is 28.4 Å². The Kier molecular flexibility index (Phi) is 5.31. The highest BCUT2D eigenvalue weighted by atomic mass is 19.4. The summed E-state index contributed by atoms with van der Waals surface area (Å²) in [6, 6.07) is 9.60. The third-order valence-electron chi connectivity index (χ3n) is 4.62. The van der Waals surface area contributed by atoms with E-state index in [9.17, 15) is 27.9 Å². The molecule has 2 aromatic rings. The summed E-state index contributed by atoms with van der Waals surface area (Å²) in [5.41, 5.74) is 0.652. The fourth-order valence-electron chi connectivity index (χ4n) is 3.15. The number of phenols is 1. The van der Waals surface area contributed by atoms with Crippen LogP contribution in [0, 0.1) is 12.8 Å². The first kappa shape index (κ1) is 19.7. The molecule has 0 bridgehead atoms. The van der Waals surface area contributed by atoms with Gasteiger partial charge in [-0.25, -0.2) is 0 Å². The Morgan fingerprint density at radius 1 is 1.25 bits per heavy atom. The van der Waals surface area contributed by atoms with Gasteiger partial charge in [0.2, 0.25) is 11.8 Å². The van der Waals surface area contributed by atoms with E-state index >= 15 is 0 Å². The van der Waals surface area contributed by atoms with E-state index in [1.54, 1.807) is 19.1 Å². The summed E-state index contributed by atoms with van der Waals surface area (Å²) in [6.45, 7) is 1.91. The number of phenolic OH excluding ortho intramolecular Hbond substituents is 1. The molecule has 1 saturated heterocycles. The second kappa shape index (κ2) is 7.53. The van der Waals surface area contributed by atoms with Crippen LogP contribution in [0.4, 0.5) is 18.9 Å². The predicted octanol–water partition coefficient (Wildman–Crippen LogP) is 3.71. The van der Waals surface area contributed by atoms with E-state index in [4.69, 9.17) is 0 Å². The van der Waals surface area contributed by atoms with E-state index in [1.807, 2.05) is 0 Å². The van der Waals surface area contributed by atoms with Gasteiger partial charge in [0.1, 0.15) is 5.75 Å². The molecular weight excluding hydrogens is 373 g/mol. The van der Waals surface area contributed by atoms with E-state index in [1.165, 1.54) is 23.1 Å². The number of likely N-dealkylation sites (tertiary alicyclic amines) is 1. The number of anilines is 1. The lowest BCUT2D eigenvalue weighted by Gasteiger charge is -2.18. The van der Waals surface area contributed by atoms with Crippen molar-refractivity contribution in [1.29, 1.82) is 0 Å². The maximum atomic E-state index is 12.8. The van der Waals surface area contributed by atoms with Gasteiger partial charge in [0.15, 0.2) is 0 Å². The zero-order chi connectivity index (χ0) is 20.5. The second-order valence-electron chi connectivity index (χ2n) is 6.88. The van der Waals surface area contributed by atoms with Crippen molar-refractivity contribution < 1.29 is 27.9 Å². The number of carbonyl (C=O) groups excluding carboxylic acids is 2. The van der Waals surface area contributed by atoms with E-state index < -0.39 is 23.6 Å². The summed E-state index contributed by atoms with van der Waals surface area (Å²) in [7, 11) is 0. The first-order chi connectivity index (χ1) is 13.1. The van der Waals surface area contributed by atoms with Gasteiger partial charge in [0.05, 0.1) is 17.2 Å². The molecule has 0 spiro atoms. The molecule has 3 rings (SSSR count). The molecule has 0 aliphatic carbocycles. The average Bonchev–Trinajstić information content (AvgIpc) is 2.98. The van der Waals surface area contributed by atoms with Crippen molar-refractivity contribution in [1.82, 2.24) is 4.90 Å². The summed E-state index contributed by atoms with van der Waals surface area (Å²) in [6.07, 6.45) is -4.49. The number of nitrogens with one attached hydrogen (secondary N) is 1. The minimum atomic E-state index is -4.45. The molecule has 0 aromatic heterocycles. The Morgan fingerprint density at radius 3 is 2.68 bits per heavy atom. The molecule has 1 aliphatic heterocycles. The maximum Gasteiger partial charge on any atom is 0.416 e. The van der Waals surface area contributed by atoms with Gasteiger partial charge in [0.25, 0.3) is 0 Å². The van der Waals surface area contributed by atoms with Crippen molar-refractivity contribution in [3.63, 3.8) is 0 Å². The Hall–Kier alpha value is -3.03. The van der Waals surface area contributed by atoms with Crippen LogP contribution in [-0.2, 0) is 22.3 Å². The molecule has 5 nitrogen and oxygen atoms in total. The molecule has 1 unspecified atom stereocenters. The zero-order valence-corrected chi connectivity index (χ0v) is 15.1. The van der Waals surface area contributed by atoms with Gasteiger partial charge < -0.3 is 15.3 Å². The van der Waals surface area contributed by atoms with Gasteiger partial charge in [-0.3, -0.25) is 9.59 Å². The van der Waals surface area contributed by atoms with E-state index in [2.05, 4.69) is 5.32 Å². The number of rotatable bonds is 4. The van der Waals surface area contributed by atoms with Crippen molar-refractivity contribution in [2.24, 2.45) is 5.92 Å². The highest BCUT2D eigenvalue weighted by molar-refractivity contribution is 5.98. The molecule has 8 heteroatoms. The minimum absolute atomic E-state index is 0.00230. The SMILES string of the molecule is Cc1ccc(NC(=O)C2CC(=O)N(Cc3cccc(C(F)(F)F)c3)C2)c(O)c1. The number of carbonyl (C=O) groups is 2. The normalized spacial score (nSPS) is 17.1. The number of nitrogens with zero attached hydrogens (tertiary/aromatic N) is 1. The van der Waals surface area contributed by atoms with Crippen LogP contribution in [0.2, 0.25) is 0 Å². The number of aryl methyl sites for hydroxylation is 1. The largest absolute Gasteiger partial charge is 0.506 e. The fourth-order valence-corrected chi connectivity index (χ4v) is 3.15. The summed E-state index contributed by atoms with van der Waals surface area (Å²) in [4.78, 5) is 26.0. The number of amides is 2. The predicted molar refractivity (Wildman–Crippen MR) is 96.4 cm³/mol. The number of benzene rings is 2. The van der Waals surface area contributed by atoms with Crippen molar-refractivity contribution in [3.8, 4) is 5.75 Å². The number of alkyl halides is 3. The van der Waals surface area contributed by atoms with Crippen LogP contribution in [0.15, 0.2) is 42.5 Å². The molecule has 148 valence electrons. The molecule has 2 N–H and O–H groups in total. The van der Waals surface area contributed by atoms with Gasteiger partial charge in [-0.1, -0.05) is 18.2 Å². The molecule has 28 heavy (non-hydrogen) atoms. The number of hydrogen-bond donors (Lipinski definition) is 2. The van der Waals surface area contributed by atoms with Crippen LogP contribution < -0.4 is 5.32 Å². The zero-order valence-electron chi connectivity index (χ0n) is 15.1. The Morgan fingerprint density at radius 2 is 2.00 bits per heavy atom. The van der Waals surface area contributed by atoms with E-state index in [-0.39, 0.29) is 36.9 Å². The molecule has 1 heterocycles. The molecule has 1 fully saturated rings. The van der Waals surface area contributed by atoms with Crippen molar-refractivity contribution in [2.45, 2.75) is 26.1 Å². The van der Waals surface area contributed by atoms with Crippen LogP contribution in [0.5, 0.6) is 5.75 Å². The van der Waals surface area contributed by atoms with Crippen molar-refractivity contribution in [3.05, 3.63) is 59.2 Å². The fraction of sp³-hybridized carbons (Fsp3) is 0.300. The number of halogens is 3. The van der Waals surface area contributed by atoms with Crippen LogP contribution in [0.3, 0.4) is 0 Å². The lowest BCUT2D eigenvalue weighted by atomic mass is 10.1. The topological polar surface area (TPSA) is 69.6 Å².